The third-order valence-corrected chi connectivity index (χ3v) is 4.36. The lowest BCUT2D eigenvalue weighted by molar-refractivity contribution is 0.0474. The second-order valence-electron chi connectivity index (χ2n) is 6.62. The molecule has 3 rings (SSSR count). The zero-order valence-corrected chi connectivity index (χ0v) is 16.0. The molecule has 0 heterocycles. The highest BCUT2D eigenvalue weighted by atomic mass is 16.5. The molecule has 142 valence electrons. The van der Waals surface area contributed by atoms with Gasteiger partial charge >= 0.3 is 5.97 Å². The summed E-state index contributed by atoms with van der Waals surface area (Å²) in [5.41, 5.74) is 3.88. The quantitative estimate of drug-likeness (QED) is 0.435. The smallest absolute Gasteiger partial charge is 0.338 e. The Bertz CT molecular complexity index is 960. The van der Waals surface area contributed by atoms with E-state index in [-0.39, 0.29) is 12.4 Å². The van der Waals surface area contributed by atoms with Gasteiger partial charge in [-0.05, 0) is 49.2 Å². The predicted octanol–water partition coefficient (Wildman–Crippen LogP) is 4.92. The Hall–Kier alpha value is -3.40. The van der Waals surface area contributed by atoms with Crippen LogP contribution in [0.4, 0.5) is 0 Å². The Balaban J connectivity index is 1.53. The number of ketones is 1. The van der Waals surface area contributed by atoms with Crippen LogP contribution in [0, 0.1) is 13.8 Å². The number of carbonyl (C=O) groups excluding carboxylic acids is 2. The van der Waals surface area contributed by atoms with Crippen LogP contribution in [-0.2, 0) is 11.3 Å². The summed E-state index contributed by atoms with van der Waals surface area (Å²) in [5, 5.41) is 0. The van der Waals surface area contributed by atoms with Crippen LogP contribution in [0.15, 0.2) is 72.8 Å². The molecule has 0 bridgehead atoms. The van der Waals surface area contributed by atoms with Gasteiger partial charge in [-0.1, -0.05) is 54.1 Å². The Labute approximate surface area is 164 Å². The minimum atomic E-state index is -0.520. The molecule has 0 N–H and O–H groups in total. The first-order valence-electron chi connectivity index (χ1n) is 9.07. The monoisotopic (exact) mass is 374 g/mol. The van der Waals surface area contributed by atoms with Crippen LogP contribution in [0.1, 0.15) is 37.4 Å². The number of ether oxygens (including phenoxy) is 2. The molecule has 0 saturated heterocycles. The maximum Gasteiger partial charge on any atom is 0.338 e. The van der Waals surface area contributed by atoms with Crippen molar-refractivity contribution in [2.24, 2.45) is 0 Å². The second-order valence-corrected chi connectivity index (χ2v) is 6.62. The summed E-state index contributed by atoms with van der Waals surface area (Å²) < 4.78 is 10.9. The van der Waals surface area contributed by atoms with Crippen molar-refractivity contribution in [3.63, 3.8) is 0 Å². The van der Waals surface area contributed by atoms with Crippen molar-refractivity contribution in [1.29, 1.82) is 0 Å². The van der Waals surface area contributed by atoms with E-state index in [1.165, 1.54) is 0 Å². The lowest BCUT2D eigenvalue weighted by Crippen LogP contribution is -2.15. The fraction of sp³-hybridized carbons (Fsp3) is 0.167. The summed E-state index contributed by atoms with van der Waals surface area (Å²) in [6.07, 6.45) is 0. The number of para-hydroxylation sites is 1. The molecule has 0 atom stereocenters. The van der Waals surface area contributed by atoms with Gasteiger partial charge < -0.3 is 9.47 Å². The molecule has 28 heavy (non-hydrogen) atoms. The largest absolute Gasteiger partial charge is 0.489 e. The molecule has 0 amide bonds. The maximum absolute atomic E-state index is 12.3. The van der Waals surface area contributed by atoms with Gasteiger partial charge in [-0.25, -0.2) is 4.79 Å². The van der Waals surface area contributed by atoms with Gasteiger partial charge in [-0.3, -0.25) is 4.79 Å². The average Bonchev–Trinajstić information content (AvgIpc) is 2.71. The Morgan fingerprint density at radius 3 is 2.25 bits per heavy atom. The number of carbonyl (C=O) groups is 2. The fourth-order valence-corrected chi connectivity index (χ4v) is 2.84. The van der Waals surface area contributed by atoms with Crippen molar-refractivity contribution < 1.29 is 19.1 Å². The first-order chi connectivity index (χ1) is 13.5. The standard InChI is InChI=1S/C24H22O4/c1-17-8-13-22(18(2)14-17)23(25)16-28-24(26)20-11-9-19(10-12-20)15-27-21-6-4-3-5-7-21/h3-14H,15-16H2,1-2H3. The predicted molar refractivity (Wildman–Crippen MR) is 108 cm³/mol. The highest BCUT2D eigenvalue weighted by molar-refractivity contribution is 6.00. The highest BCUT2D eigenvalue weighted by Crippen LogP contribution is 2.14. The lowest BCUT2D eigenvalue weighted by Gasteiger charge is -2.08. The molecular formula is C24H22O4. The Kier molecular flexibility index (Phi) is 6.22. The molecule has 3 aromatic carbocycles. The van der Waals surface area contributed by atoms with E-state index in [4.69, 9.17) is 9.47 Å². The van der Waals surface area contributed by atoms with Gasteiger partial charge in [0.2, 0.25) is 5.78 Å². The molecule has 0 aliphatic heterocycles. The first-order valence-corrected chi connectivity index (χ1v) is 9.07. The van der Waals surface area contributed by atoms with E-state index < -0.39 is 5.97 Å². The summed E-state index contributed by atoms with van der Waals surface area (Å²) in [6.45, 7) is 3.97. The minimum absolute atomic E-state index is 0.210. The maximum atomic E-state index is 12.3. The summed E-state index contributed by atoms with van der Waals surface area (Å²) in [5.74, 6) is 0.0586. The van der Waals surface area contributed by atoms with Gasteiger partial charge in [-0.15, -0.1) is 0 Å². The molecule has 0 saturated carbocycles. The minimum Gasteiger partial charge on any atom is -0.489 e. The number of rotatable bonds is 7. The summed E-state index contributed by atoms with van der Waals surface area (Å²) in [4.78, 5) is 24.5. The highest BCUT2D eigenvalue weighted by Gasteiger charge is 2.13. The van der Waals surface area contributed by atoms with Gasteiger partial charge in [-0.2, -0.15) is 0 Å². The van der Waals surface area contributed by atoms with Crippen LogP contribution in [0.5, 0.6) is 5.75 Å². The second kappa shape index (κ2) is 9.00. The molecule has 4 heteroatoms. The molecule has 0 aliphatic rings. The molecule has 3 aromatic rings. The van der Waals surface area contributed by atoms with E-state index in [0.29, 0.717) is 17.7 Å². The van der Waals surface area contributed by atoms with Crippen LogP contribution in [-0.4, -0.2) is 18.4 Å². The summed E-state index contributed by atoms with van der Waals surface area (Å²) in [6, 6.07) is 22.1. The van der Waals surface area contributed by atoms with E-state index in [1.807, 2.05) is 68.4 Å². The molecule has 0 fully saturated rings. The van der Waals surface area contributed by atoms with Gasteiger partial charge in [0.05, 0.1) is 5.56 Å². The number of aryl methyl sites for hydroxylation is 2. The molecule has 4 nitrogen and oxygen atoms in total. The van der Waals surface area contributed by atoms with Crippen molar-refractivity contribution in [3.8, 4) is 5.75 Å². The van der Waals surface area contributed by atoms with Crippen LogP contribution < -0.4 is 4.74 Å². The number of esters is 1. The number of benzene rings is 3. The first kappa shape index (κ1) is 19.4. The van der Waals surface area contributed by atoms with E-state index >= 15 is 0 Å². The van der Waals surface area contributed by atoms with Crippen molar-refractivity contribution in [2.75, 3.05) is 6.61 Å². The normalized spacial score (nSPS) is 10.4. The molecular weight excluding hydrogens is 352 g/mol. The summed E-state index contributed by atoms with van der Waals surface area (Å²) >= 11 is 0. The van der Waals surface area contributed by atoms with Crippen molar-refractivity contribution in [3.05, 3.63) is 101 Å². The van der Waals surface area contributed by atoms with Crippen molar-refractivity contribution in [2.45, 2.75) is 20.5 Å². The SMILES string of the molecule is Cc1ccc(C(=O)COC(=O)c2ccc(COc3ccccc3)cc2)c(C)c1. The third kappa shape index (κ3) is 5.07. The van der Waals surface area contributed by atoms with Gasteiger partial charge in [0.25, 0.3) is 0 Å². The zero-order chi connectivity index (χ0) is 19.9. The molecule has 0 radical (unpaired) electrons. The lowest BCUT2D eigenvalue weighted by atomic mass is 10.0. The van der Waals surface area contributed by atoms with Crippen LogP contribution in [0.2, 0.25) is 0 Å². The van der Waals surface area contributed by atoms with Gasteiger partial charge in [0.15, 0.2) is 6.61 Å². The fourth-order valence-electron chi connectivity index (χ4n) is 2.84. The third-order valence-electron chi connectivity index (χ3n) is 4.36. The number of hydrogen-bond donors (Lipinski definition) is 0. The van der Waals surface area contributed by atoms with E-state index in [1.54, 1.807) is 18.2 Å². The molecule has 0 aromatic heterocycles. The molecule has 0 aliphatic carbocycles. The van der Waals surface area contributed by atoms with E-state index in [9.17, 15) is 9.59 Å². The van der Waals surface area contributed by atoms with Gasteiger partial charge in [0.1, 0.15) is 12.4 Å². The van der Waals surface area contributed by atoms with E-state index in [2.05, 4.69) is 0 Å². The Morgan fingerprint density at radius 2 is 1.57 bits per heavy atom. The van der Waals surface area contributed by atoms with Crippen molar-refractivity contribution in [1.82, 2.24) is 0 Å². The van der Waals surface area contributed by atoms with Crippen LogP contribution >= 0.6 is 0 Å². The molecule has 0 unspecified atom stereocenters. The Morgan fingerprint density at radius 1 is 0.857 bits per heavy atom. The van der Waals surface area contributed by atoms with Crippen LogP contribution in [0.25, 0.3) is 0 Å². The van der Waals surface area contributed by atoms with Gasteiger partial charge in [0, 0.05) is 5.56 Å². The van der Waals surface area contributed by atoms with E-state index in [0.717, 1.165) is 22.4 Å². The number of hydrogen-bond acceptors (Lipinski definition) is 4. The van der Waals surface area contributed by atoms with Crippen molar-refractivity contribution >= 4 is 11.8 Å². The van der Waals surface area contributed by atoms with Crippen LogP contribution in [0.3, 0.4) is 0 Å². The average molecular weight is 374 g/mol. The molecule has 0 spiro atoms. The zero-order valence-electron chi connectivity index (χ0n) is 16.0. The summed E-state index contributed by atoms with van der Waals surface area (Å²) in [7, 11) is 0. The number of Topliss-reactive ketones (excluding diaryl/α,β-unsaturated/α-hetero) is 1. The topological polar surface area (TPSA) is 52.6 Å².